The Bertz CT molecular complexity index is 1270. The Kier molecular flexibility index (Phi) is 4.63. The molecule has 0 amide bonds. The zero-order valence-corrected chi connectivity index (χ0v) is 16.6. The summed E-state index contributed by atoms with van der Waals surface area (Å²) in [6, 6.07) is 40.4. The minimum atomic E-state index is 0.755. The molecule has 0 atom stereocenters. The Morgan fingerprint density at radius 2 is 1.03 bits per heavy atom. The van der Waals surface area contributed by atoms with Gasteiger partial charge in [0.1, 0.15) is 0 Å². The minimum Gasteiger partial charge on any atom is -0.0843 e. The predicted molar refractivity (Wildman–Crippen MR) is 125 cm³/mol. The van der Waals surface area contributed by atoms with Crippen LogP contribution in [0.3, 0.4) is 0 Å². The Morgan fingerprint density at radius 3 is 1.72 bits per heavy atom. The molecule has 0 heterocycles. The van der Waals surface area contributed by atoms with Crippen molar-refractivity contribution in [3.05, 3.63) is 120 Å². The van der Waals surface area contributed by atoms with Crippen LogP contribution in [-0.2, 0) is 0 Å². The maximum Gasteiger partial charge on any atom is 0.0406 e. The van der Waals surface area contributed by atoms with Crippen LogP contribution in [0.25, 0.3) is 44.2 Å². The highest BCUT2D eigenvalue weighted by Gasteiger charge is 2.12. The van der Waals surface area contributed by atoms with E-state index in [2.05, 4.69) is 103 Å². The lowest BCUT2D eigenvalue weighted by molar-refractivity contribution is 1.60. The van der Waals surface area contributed by atoms with Crippen molar-refractivity contribution < 1.29 is 0 Å². The molecule has 29 heavy (non-hydrogen) atoms. The highest BCUT2D eigenvalue weighted by atomic mass is 35.5. The summed E-state index contributed by atoms with van der Waals surface area (Å²) < 4.78 is 0. The van der Waals surface area contributed by atoms with Crippen molar-refractivity contribution in [2.45, 2.75) is 0 Å². The first-order chi connectivity index (χ1) is 14.3. The molecule has 0 aromatic heterocycles. The third-order valence-corrected chi connectivity index (χ3v) is 5.60. The first-order valence-electron chi connectivity index (χ1n) is 9.73. The molecule has 138 valence electrons. The average molecular weight is 391 g/mol. The number of hydrogen-bond donors (Lipinski definition) is 0. The molecule has 1 heteroatoms. The fraction of sp³-hybridized carbons (Fsp3) is 0. The van der Waals surface area contributed by atoms with Crippen LogP contribution in [0.4, 0.5) is 0 Å². The SMILES string of the molecule is Clc1ccc(-c2ccc3ccc(-c4ccccc4)c(-c4ccccc4)c3c2)cc1. The molecule has 0 aliphatic rings. The quantitative estimate of drug-likeness (QED) is 0.289. The fourth-order valence-electron chi connectivity index (χ4n) is 3.92. The van der Waals surface area contributed by atoms with Gasteiger partial charge in [0.05, 0.1) is 0 Å². The van der Waals surface area contributed by atoms with Gasteiger partial charge in [-0.05, 0) is 62.4 Å². The zero-order chi connectivity index (χ0) is 19.6. The van der Waals surface area contributed by atoms with Crippen molar-refractivity contribution >= 4 is 22.4 Å². The van der Waals surface area contributed by atoms with E-state index in [1.807, 2.05) is 12.1 Å². The standard InChI is InChI=1S/C28H19Cl/c29-25-16-13-20(14-17-25)24-12-11-22-15-18-26(21-7-3-1-4-8-21)28(27(22)19-24)23-9-5-2-6-10-23/h1-19H. The topological polar surface area (TPSA) is 0 Å². The second kappa shape index (κ2) is 7.58. The van der Waals surface area contributed by atoms with Crippen LogP contribution in [0.5, 0.6) is 0 Å². The second-order valence-electron chi connectivity index (χ2n) is 7.16. The number of benzene rings is 5. The number of hydrogen-bond acceptors (Lipinski definition) is 0. The van der Waals surface area contributed by atoms with Gasteiger partial charge in [0.25, 0.3) is 0 Å². The van der Waals surface area contributed by atoms with E-state index in [9.17, 15) is 0 Å². The van der Waals surface area contributed by atoms with Gasteiger partial charge < -0.3 is 0 Å². The van der Waals surface area contributed by atoms with Gasteiger partial charge in [-0.1, -0.05) is 109 Å². The molecular formula is C28H19Cl. The molecule has 0 N–H and O–H groups in total. The maximum atomic E-state index is 6.09. The second-order valence-corrected chi connectivity index (χ2v) is 7.60. The zero-order valence-electron chi connectivity index (χ0n) is 15.8. The van der Waals surface area contributed by atoms with E-state index < -0.39 is 0 Å². The lowest BCUT2D eigenvalue weighted by Crippen LogP contribution is -1.89. The average Bonchev–Trinajstić information content (AvgIpc) is 2.79. The fourth-order valence-corrected chi connectivity index (χ4v) is 4.04. The van der Waals surface area contributed by atoms with E-state index in [0.717, 1.165) is 5.02 Å². The van der Waals surface area contributed by atoms with Crippen LogP contribution in [0.15, 0.2) is 115 Å². The highest BCUT2D eigenvalue weighted by molar-refractivity contribution is 6.30. The molecule has 0 spiro atoms. The minimum absolute atomic E-state index is 0.755. The van der Waals surface area contributed by atoms with Crippen LogP contribution in [0.1, 0.15) is 0 Å². The van der Waals surface area contributed by atoms with Gasteiger partial charge in [0.2, 0.25) is 0 Å². The van der Waals surface area contributed by atoms with Crippen molar-refractivity contribution in [3.63, 3.8) is 0 Å². The van der Waals surface area contributed by atoms with Gasteiger partial charge in [-0.2, -0.15) is 0 Å². The molecule has 0 bridgehead atoms. The number of rotatable bonds is 3. The van der Waals surface area contributed by atoms with Crippen molar-refractivity contribution in [2.24, 2.45) is 0 Å². The lowest BCUT2D eigenvalue weighted by atomic mass is 9.88. The van der Waals surface area contributed by atoms with Gasteiger partial charge in [-0.25, -0.2) is 0 Å². The molecule has 5 rings (SSSR count). The highest BCUT2D eigenvalue weighted by Crippen LogP contribution is 2.39. The summed E-state index contributed by atoms with van der Waals surface area (Å²) in [5.41, 5.74) is 7.33. The number of fused-ring (bicyclic) bond motifs is 1. The third kappa shape index (κ3) is 3.44. The molecule has 0 fully saturated rings. The van der Waals surface area contributed by atoms with Gasteiger partial charge in [0.15, 0.2) is 0 Å². The van der Waals surface area contributed by atoms with E-state index in [4.69, 9.17) is 11.6 Å². The predicted octanol–water partition coefficient (Wildman–Crippen LogP) is 8.49. The summed E-state index contributed by atoms with van der Waals surface area (Å²) in [5.74, 6) is 0. The smallest absolute Gasteiger partial charge is 0.0406 e. The molecule has 5 aromatic rings. The van der Waals surface area contributed by atoms with Gasteiger partial charge in [-0.15, -0.1) is 0 Å². The number of halogens is 1. The lowest BCUT2D eigenvalue weighted by Gasteiger charge is -2.15. The van der Waals surface area contributed by atoms with Crippen LogP contribution < -0.4 is 0 Å². The molecule has 0 unspecified atom stereocenters. The third-order valence-electron chi connectivity index (χ3n) is 5.35. The van der Waals surface area contributed by atoms with Crippen molar-refractivity contribution in [3.8, 4) is 33.4 Å². The Hall–Kier alpha value is -3.35. The first-order valence-corrected chi connectivity index (χ1v) is 10.1. The van der Waals surface area contributed by atoms with Crippen molar-refractivity contribution in [1.82, 2.24) is 0 Å². The van der Waals surface area contributed by atoms with Crippen LogP contribution in [0.2, 0.25) is 5.02 Å². The van der Waals surface area contributed by atoms with Crippen molar-refractivity contribution in [2.75, 3.05) is 0 Å². The molecule has 0 aliphatic heterocycles. The van der Waals surface area contributed by atoms with Crippen LogP contribution in [0, 0.1) is 0 Å². The van der Waals surface area contributed by atoms with E-state index in [-0.39, 0.29) is 0 Å². The van der Waals surface area contributed by atoms with E-state index in [1.165, 1.54) is 44.2 Å². The molecule has 0 saturated heterocycles. The Morgan fingerprint density at radius 1 is 0.448 bits per heavy atom. The van der Waals surface area contributed by atoms with Crippen LogP contribution in [-0.4, -0.2) is 0 Å². The maximum absolute atomic E-state index is 6.09. The summed E-state index contributed by atoms with van der Waals surface area (Å²) >= 11 is 6.09. The summed E-state index contributed by atoms with van der Waals surface area (Å²) in [6.07, 6.45) is 0. The van der Waals surface area contributed by atoms with Crippen molar-refractivity contribution in [1.29, 1.82) is 0 Å². The monoisotopic (exact) mass is 390 g/mol. The normalized spacial score (nSPS) is 10.9. The van der Waals surface area contributed by atoms with E-state index in [1.54, 1.807) is 0 Å². The summed E-state index contributed by atoms with van der Waals surface area (Å²) in [5, 5.41) is 3.25. The van der Waals surface area contributed by atoms with Gasteiger partial charge in [0, 0.05) is 5.02 Å². The molecule has 0 saturated carbocycles. The van der Waals surface area contributed by atoms with E-state index >= 15 is 0 Å². The van der Waals surface area contributed by atoms with Gasteiger partial charge in [-0.3, -0.25) is 0 Å². The molecule has 0 aliphatic carbocycles. The first kappa shape index (κ1) is 17.7. The van der Waals surface area contributed by atoms with Gasteiger partial charge >= 0.3 is 0 Å². The molecule has 0 nitrogen and oxygen atoms in total. The molecule has 5 aromatic carbocycles. The summed E-state index contributed by atoms with van der Waals surface area (Å²) in [4.78, 5) is 0. The Labute approximate surface area is 176 Å². The Balaban J connectivity index is 1.81. The van der Waals surface area contributed by atoms with E-state index in [0.29, 0.717) is 0 Å². The summed E-state index contributed by atoms with van der Waals surface area (Å²) in [6.45, 7) is 0. The summed E-state index contributed by atoms with van der Waals surface area (Å²) in [7, 11) is 0. The molecule has 0 radical (unpaired) electrons. The van der Waals surface area contributed by atoms with Crippen LogP contribution >= 0.6 is 11.6 Å². The largest absolute Gasteiger partial charge is 0.0843 e. The molecular weight excluding hydrogens is 372 g/mol.